The van der Waals surface area contributed by atoms with E-state index < -0.39 is 0 Å². The molecular formula is C23H27N3OS. The molecule has 2 saturated heterocycles. The summed E-state index contributed by atoms with van der Waals surface area (Å²) in [6.07, 6.45) is 2.08. The SMILES string of the molecule is CC1CN(c2ccccc2C=C2SCCN(c3ccccc3)C2=O)CC(C)N1. The first-order chi connectivity index (χ1) is 13.6. The number of thioether (sulfide) groups is 1. The van der Waals surface area contributed by atoms with E-state index >= 15 is 0 Å². The molecule has 0 saturated carbocycles. The van der Waals surface area contributed by atoms with Crippen molar-refractivity contribution in [3.05, 3.63) is 65.1 Å². The highest BCUT2D eigenvalue weighted by Crippen LogP contribution is 2.32. The van der Waals surface area contributed by atoms with Gasteiger partial charge in [0.25, 0.3) is 5.91 Å². The number of hydrogen-bond donors (Lipinski definition) is 1. The van der Waals surface area contributed by atoms with Gasteiger partial charge < -0.3 is 15.1 Å². The van der Waals surface area contributed by atoms with Crippen LogP contribution in [0, 0.1) is 0 Å². The van der Waals surface area contributed by atoms with E-state index in [4.69, 9.17) is 0 Å². The number of benzene rings is 2. The van der Waals surface area contributed by atoms with Gasteiger partial charge in [-0.15, -0.1) is 11.8 Å². The maximum Gasteiger partial charge on any atom is 0.264 e. The lowest BCUT2D eigenvalue weighted by molar-refractivity contribution is -0.114. The molecule has 146 valence electrons. The molecule has 0 radical (unpaired) electrons. The van der Waals surface area contributed by atoms with Crippen molar-refractivity contribution in [2.45, 2.75) is 25.9 Å². The second-order valence-corrected chi connectivity index (χ2v) is 8.72. The molecule has 2 unspecified atom stereocenters. The Bertz CT molecular complexity index is 857. The standard InChI is InChI=1S/C23H27N3OS/c1-17-15-25(16-18(2)24-17)21-11-7-6-8-19(21)14-22-23(27)26(12-13-28-22)20-9-4-3-5-10-20/h3-11,14,17-18,24H,12-13,15-16H2,1-2H3. The molecule has 2 aromatic carbocycles. The molecule has 5 heteroatoms. The minimum Gasteiger partial charge on any atom is -0.368 e. The molecule has 2 atom stereocenters. The van der Waals surface area contributed by atoms with E-state index in [2.05, 4.69) is 54.4 Å². The Morgan fingerprint density at radius 1 is 1.00 bits per heavy atom. The largest absolute Gasteiger partial charge is 0.368 e. The molecule has 2 heterocycles. The minimum absolute atomic E-state index is 0.0966. The quantitative estimate of drug-likeness (QED) is 0.800. The predicted molar refractivity (Wildman–Crippen MR) is 120 cm³/mol. The molecule has 0 bridgehead atoms. The summed E-state index contributed by atoms with van der Waals surface area (Å²) in [7, 11) is 0. The van der Waals surface area contributed by atoms with Crippen molar-refractivity contribution in [1.82, 2.24) is 5.32 Å². The van der Waals surface area contributed by atoms with E-state index in [9.17, 15) is 4.79 Å². The first kappa shape index (κ1) is 19.1. The summed E-state index contributed by atoms with van der Waals surface area (Å²) in [5.74, 6) is 1.01. The third kappa shape index (κ3) is 4.10. The Kier molecular flexibility index (Phi) is 5.74. The molecule has 4 rings (SSSR count). The van der Waals surface area contributed by atoms with Crippen molar-refractivity contribution in [2.75, 3.05) is 35.2 Å². The Morgan fingerprint density at radius 2 is 1.68 bits per heavy atom. The smallest absolute Gasteiger partial charge is 0.264 e. The number of carbonyl (C=O) groups is 1. The molecule has 1 N–H and O–H groups in total. The highest BCUT2D eigenvalue weighted by atomic mass is 32.2. The molecule has 0 aliphatic carbocycles. The molecule has 28 heavy (non-hydrogen) atoms. The van der Waals surface area contributed by atoms with Gasteiger partial charge in [-0.2, -0.15) is 0 Å². The topological polar surface area (TPSA) is 35.6 Å². The van der Waals surface area contributed by atoms with Crippen LogP contribution >= 0.6 is 11.8 Å². The van der Waals surface area contributed by atoms with E-state index in [1.165, 1.54) is 5.69 Å². The van der Waals surface area contributed by atoms with Gasteiger partial charge in [0.15, 0.2) is 0 Å². The fraction of sp³-hybridized carbons (Fsp3) is 0.348. The molecule has 2 aromatic rings. The van der Waals surface area contributed by atoms with Crippen LogP contribution in [-0.2, 0) is 4.79 Å². The Hall–Kier alpha value is -2.24. The van der Waals surface area contributed by atoms with Crippen LogP contribution in [0.25, 0.3) is 6.08 Å². The fourth-order valence-electron chi connectivity index (χ4n) is 4.06. The zero-order valence-electron chi connectivity index (χ0n) is 16.5. The zero-order valence-corrected chi connectivity index (χ0v) is 17.3. The van der Waals surface area contributed by atoms with Gasteiger partial charge in [0.2, 0.25) is 0 Å². The second kappa shape index (κ2) is 8.41. The summed E-state index contributed by atoms with van der Waals surface area (Å²) < 4.78 is 0. The van der Waals surface area contributed by atoms with Crippen molar-refractivity contribution >= 4 is 35.1 Å². The lowest BCUT2D eigenvalue weighted by Gasteiger charge is -2.38. The molecule has 0 aromatic heterocycles. The van der Waals surface area contributed by atoms with Crippen molar-refractivity contribution in [3.63, 3.8) is 0 Å². The van der Waals surface area contributed by atoms with Crippen LogP contribution in [0.1, 0.15) is 19.4 Å². The molecule has 1 amide bonds. The average molecular weight is 394 g/mol. The van der Waals surface area contributed by atoms with Crippen molar-refractivity contribution in [2.24, 2.45) is 0 Å². The maximum absolute atomic E-state index is 13.1. The summed E-state index contributed by atoms with van der Waals surface area (Å²) >= 11 is 1.66. The van der Waals surface area contributed by atoms with Gasteiger partial charge in [0, 0.05) is 48.8 Å². The van der Waals surface area contributed by atoms with Crippen LogP contribution in [0.5, 0.6) is 0 Å². The second-order valence-electron chi connectivity index (χ2n) is 7.58. The number of rotatable bonds is 3. The van der Waals surface area contributed by atoms with Crippen LogP contribution in [0.15, 0.2) is 59.5 Å². The maximum atomic E-state index is 13.1. The summed E-state index contributed by atoms with van der Waals surface area (Å²) in [6, 6.07) is 19.3. The van der Waals surface area contributed by atoms with E-state index in [-0.39, 0.29) is 5.91 Å². The van der Waals surface area contributed by atoms with Gasteiger partial charge in [-0.1, -0.05) is 36.4 Å². The lowest BCUT2D eigenvalue weighted by atomic mass is 10.1. The lowest BCUT2D eigenvalue weighted by Crippen LogP contribution is -2.54. The van der Waals surface area contributed by atoms with Crippen molar-refractivity contribution in [1.29, 1.82) is 0 Å². The van der Waals surface area contributed by atoms with Gasteiger partial charge in [-0.3, -0.25) is 4.79 Å². The summed E-state index contributed by atoms with van der Waals surface area (Å²) in [4.78, 5) is 18.3. The van der Waals surface area contributed by atoms with Crippen LogP contribution in [0.4, 0.5) is 11.4 Å². The summed E-state index contributed by atoms with van der Waals surface area (Å²) in [5.41, 5.74) is 3.30. The minimum atomic E-state index is 0.0966. The summed E-state index contributed by atoms with van der Waals surface area (Å²) in [6.45, 7) is 7.15. The van der Waals surface area contributed by atoms with E-state index in [1.807, 2.05) is 35.2 Å². The van der Waals surface area contributed by atoms with E-state index in [0.29, 0.717) is 12.1 Å². The van der Waals surface area contributed by atoms with Gasteiger partial charge >= 0.3 is 0 Å². The normalized spacial score (nSPS) is 24.6. The van der Waals surface area contributed by atoms with Gasteiger partial charge in [-0.25, -0.2) is 0 Å². The highest BCUT2D eigenvalue weighted by Gasteiger charge is 2.26. The Balaban J connectivity index is 1.63. The number of nitrogens with zero attached hydrogens (tertiary/aromatic N) is 2. The third-order valence-electron chi connectivity index (χ3n) is 5.22. The van der Waals surface area contributed by atoms with E-state index in [0.717, 1.165) is 41.5 Å². The van der Waals surface area contributed by atoms with Gasteiger partial charge in [0.05, 0.1) is 4.91 Å². The number of carbonyl (C=O) groups excluding carboxylic acids is 1. The monoisotopic (exact) mass is 393 g/mol. The number of para-hydroxylation sites is 2. The molecule has 2 aliphatic heterocycles. The van der Waals surface area contributed by atoms with Crippen molar-refractivity contribution < 1.29 is 4.79 Å². The number of anilines is 2. The Morgan fingerprint density at radius 3 is 2.43 bits per heavy atom. The first-order valence-corrected chi connectivity index (χ1v) is 10.9. The van der Waals surface area contributed by atoms with E-state index in [1.54, 1.807) is 11.8 Å². The van der Waals surface area contributed by atoms with Crippen molar-refractivity contribution in [3.8, 4) is 0 Å². The van der Waals surface area contributed by atoms with Crippen LogP contribution in [0.2, 0.25) is 0 Å². The first-order valence-electron chi connectivity index (χ1n) is 9.93. The van der Waals surface area contributed by atoms with Gasteiger partial charge in [0.1, 0.15) is 0 Å². The molecule has 4 nitrogen and oxygen atoms in total. The summed E-state index contributed by atoms with van der Waals surface area (Å²) in [5, 5.41) is 3.59. The zero-order chi connectivity index (χ0) is 19.5. The predicted octanol–water partition coefficient (Wildman–Crippen LogP) is 3.99. The van der Waals surface area contributed by atoms with Crippen LogP contribution in [0.3, 0.4) is 0 Å². The average Bonchev–Trinajstić information content (AvgIpc) is 2.70. The number of amides is 1. The third-order valence-corrected chi connectivity index (χ3v) is 6.21. The molecule has 2 fully saturated rings. The van der Waals surface area contributed by atoms with Crippen LogP contribution in [-0.4, -0.2) is 43.4 Å². The van der Waals surface area contributed by atoms with Gasteiger partial charge in [-0.05, 0) is 43.7 Å². The number of nitrogens with one attached hydrogen (secondary N) is 1. The van der Waals surface area contributed by atoms with Crippen LogP contribution < -0.4 is 15.1 Å². The molecule has 0 spiro atoms. The number of hydrogen-bond acceptors (Lipinski definition) is 4. The fourth-order valence-corrected chi connectivity index (χ4v) is 5.00. The molecular weight excluding hydrogens is 366 g/mol. The Labute approximate surface area is 171 Å². The highest BCUT2D eigenvalue weighted by molar-refractivity contribution is 8.04. The number of piperazine rings is 1. The molecule has 2 aliphatic rings.